The molecular formula is C35H39N7O. The summed E-state index contributed by atoms with van der Waals surface area (Å²) in [5.74, 6) is 7.70. The van der Waals surface area contributed by atoms with Gasteiger partial charge in [-0.2, -0.15) is 4.98 Å². The van der Waals surface area contributed by atoms with Crippen LogP contribution in [0, 0.1) is 11.8 Å². The van der Waals surface area contributed by atoms with Gasteiger partial charge in [-0.05, 0) is 80.3 Å². The molecular weight excluding hydrogens is 534 g/mol. The van der Waals surface area contributed by atoms with Gasteiger partial charge in [0.2, 0.25) is 5.95 Å². The predicted molar refractivity (Wildman–Crippen MR) is 172 cm³/mol. The van der Waals surface area contributed by atoms with Crippen LogP contribution in [0.1, 0.15) is 42.4 Å². The van der Waals surface area contributed by atoms with Crippen molar-refractivity contribution in [3.8, 4) is 23.0 Å². The number of nitrogens with zero attached hydrogens (tertiary/aromatic N) is 5. The van der Waals surface area contributed by atoms with Gasteiger partial charge in [-0.1, -0.05) is 36.1 Å². The average Bonchev–Trinajstić information content (AvgIpc) is 3.04. The third-order valence-electron chi connectivity index (χ3n) is 8.27. The lowest BCUT2D eigenvalue weighted by atomic mass is 9.93. The van der Waals surface area contributed by atoms with Gasteiger partial charge in [-0.3, -0.25) is 9.88 Å². The zero-order valence-electron chi connectivity index (χ0n) is 24.7. The molecule has 2 aromatic carbocycles. The summed E-state index contributed by atoms with van der Waals surface area (Å²) >= 11 is 0. The number of aliphatic hydroxyl groups excluding tert-OH is 1. The quantitative estimate of drug-likeness (QED) is 0.262. The molecule has 2 fully saturated rings. The molecule has 3 N–H and O–H groups in total. The van der Waals surface area contributed by atoms with E-state index in [1.54, 1.807) is 12.4 Å². The zero-order chi connectivity index (χ0) is 29.4. The van der Waals surface area contributed by atoms with Gasteiger partial charge in [0.05, 0.1) is 6.10 Å². The van der Waals surface area contributed by atoms with Crippen LogP contribution in [-0.4, -0.2) is 75.2 Å². The van der Waals surface area contributed by atoms with E-state index in [1.165, 1.54) is 5.56 Å². The van der Waals surface area contributed by atoms with Gasteiger partial charge in [0.15, 0.2) is 0 Å². The fraction of sp³-hybridized carbons (Fsp3) is 0.343. The smallest absolute Gasteiger partial charge is 0.229 e. The van der Waals surface area contributed by atoms with Crippen molar-refractivity contribution in [2.45, 2.75) is 44.4 Å². The van der Waals surface area contributed by atoms with E-state index in [4.69, 9.17) is 4.98 Å². The normalized spacial score (nSPS) is 19.3. The van der Waals surface area contributed by atoms with Gasteiger partial charge >= 0.3 is 0 Å². The molecule has 1 aliphatic heterocycles. The van der Waals surface area contributed by atoms with Crippen molar-refractivity contribution < 1.29 is 5.11 Å². The zero-order valence-corrected chi connectivity index (χ0v) is 24.7. The molecule has 0 amide bonds. The lowest BCUT2D eigenvalue weighted by Gasteiger charge is -2.32. The van der Waals surface area contributed by atoms with Crippen molar-refractivity contribution in [2.75, 3.05) is 43.9 Å². The SMILES string of the molecule is CN1CCN(Cc2ccc(-c3cnc(Nc4ccc(C#Cc5ccncc5)cc4)nc3NC3CCC(O)CC3)cc2)CC1. The molecule has 4 aromatic rings. The van der Waals surface area contributed by atoms with E-state index in [1.807, 2.05) is 42.6 Å². The van der Waals surface area contributed by atoms with E-state index in [0.717, 1.165) is 92.2 Å². The molecule has 8 nitrogen and oxygen atoms in total. The average molecular weight is 574 g/mol. The third-order valence-corrected chi connectivity index (χ3v) is 8.27. The largest absolute Gasteiger partial charge is 0.393 e. The molecule has 0 bridgehead atoms. The minimum Gasteiger partial charge on any atom is -0.393 e. The first-order chi connectivity index (χ1) is 21.1. The second-order valence-electron chi connectivity index (χ2n) is 11.6. The molecule has 0 radical (unpaired) electrons. The highest BCUT2D eigenvalue weighted by Gasteiger charge is 2.21. The maximum atomic E-state index is 10.0. The molecule has 3 heterocycles. The summed E-state index contributed by atoms with van der Waals surface area (Å²) < 4.78 is 0. The Morgan fingerprint density at radius 3 is 2.21 bits per heavy atom. The van der Waals surface area contributed by atoms with Crippen LogP contribution in [0.3, 0.4) is 0 Å². The Morgan fingerprint density at radius 2 is 1.51 bits per heavy atom. The van der Waals surface area contributed by atoms with Gasteiger partial charge < -0.3 is 20.6 Å². The summed E-state index contributed by atoms with van der Waals surface area (Å²) in [4.78, 5) is 18.6. The van der Waals surface area contributed by atoms with Crippen LogP contribution in [0.15, 0.2) is 79.3 Å². The molecule has 0 unspecified atom stereocenters. The first kappa shape index (κ1) is 28.8. The highest BCUT2D eigenvalue weighted by molar-refractivity contribution is 5.76. The van der Waals surface area contributed by atoms with Crippen LogP contribution in [0.4, 0.5) is 17.5 Å². The number of nitrogens with one attached hydrogen (secondary N) is 2. The lowest BCUT2D eigenvalue weighted by molar-refractivity contribution is 0.126. The Hall–Kier alpha value is -4.29. The number of aliphatic hydroxyl groups is 1. The Bertz CT molecular complexity index is 1530. The summed E-state index contributed by atoms with van der Waals surface area (Å²) in [5.41, 5.74) is 6.13. The predicted octanol–water partition coefficient (Wildman–Crippen LogP) is 5.14. The van der Waals surface area contributed by atoms with Crippen LogP contribution < -0.4 is 10.6 Å². The van der Waals surface area contributed by atoms with E-state index in [9.17, 15) is 5.11 Å². The minimum absolute atomic E-state index is 0.203. The summed E-state index contributed by atoms with van der Waals surface area (Å²) in [7, 11) is 2.19. The second kappa shape index (κ2) is 13.8. The Kier molecular flexibility index (Phi) is 9.24. The minimum atomic E-state index is -0.203. The first-order valence-corrected chi connectivity index (χ1v) is 15.2. The van der Waals surface area contributed by atoms with Crippen molar-refractivity contribution in [2.24, 2.45) is 0 Å². The van der Waals surface area contributed by atoms with Gasteiger partial charge in [0.25, 0.3) is 0 Å². The molecule has 8 heteroatoms. The number of pyridine rings is 1. The van der Waals surface area contributed by atoms with Crippen molar-refractivity contribution in [3.05, 3.63) is 95.9 Å². The summed E-state index contributed by atoms with van der Waals surface area (Å²) in [6, 6.07) is 20.8. The number of anilines is 3. The van der Waals surface area contributed by atoms with Crippen LogP contribution in [0.25, 0.3) is 11.1 Å². The van der Waals surface area contributed by atoms with Gasteiger partial charge in [-0.25, -0.2) is 4.98 Å². The van der Waals surface area contributed by atoms with Crippen molar-refractivity contribution in [1.82, 2.24) is 24.8 Å². The van der Waals surface area contributed by atoms with Crippen LogP contribution >= 0.6 is 0 Å². The molecule has 1 aliphatic carbocycles. The number of hydrogen-bond donors (Lipinski definition) is 3. The summed E-state index contributed by atoms with van der Waals surface area (Å²) in [5, 5.41) is 17.1. The van der Waals surface area contributed by atoms with Gasteiger partial charge in [0.1, 0.15) is 5.82 Å². The Labute approximate surface area is 254 Å². The summed E-state index contributed by atoms with van der Waals surface area (Å²) in [6.45, 7) is 5.41. The molecule has 0 atom stereocenters. The molecule has 2 aliphatic rings. The van der Waals surface area contributed by atoms with E-state index in [2.05, 4.69) is 73.6 Å². The fourth-order valence-corrected chi connectivity index (χ4v) is 5.58. The number of benzene rings is 2. The second-order valence-corrected chi connectivity index (χ2v) is 11.6. The number of likely N-dealkylation sites (N-methyl/N-ethyl adjacent to an activating group) is 1. The first-order valence-electron chi connectivity index (χ1n) is 15.2. The fourth-order valence-electron chi connectivity index (χ4n) is 5.58. The van der Waals surface area contributed by atoms with Crippen LogP contribution in [0.2, 0.25) is 0 Å². The van der Waals surface area contributed by atoms with Crippen molar-refractivity contribution in [1.29, 1.82) is 0 Å². The van der Waals surface area contributed by atoms with Crippen molar-refractivity contribution in [3.63, 3.8) is 0 Å². The number of hydrogen-bond acceptors (Lipinski definition) is 8. The molecule has 220 valence electrons. The lowest BCUT2D eigenvalue weighted by Crippen LogP contribution is -2.43. The molecule has 43 heavy (non-hydrogen) atoms. The highest BCUT2D eigenvalue weighted by atomic mass is 16.3. The number of aromatic nitrogens is 3. The maximum Gasteiger partial charge on any atom is 0.229 e. The third kappa shape index (κ3) is 7.96. The van der Waals surface area contributed by atoms with E-state index < -0.39 is 0 Å². The standard InChI is InChI=1S/C35H39N7O/c1-41-20-22-42(23-21-41)25-28-4-8-29(9-5-28)33-24-37-35(40-34(33)38-30-12-14-32(43)15-13-30)39-31-10-6-26(7-11-31)2-3-27-16-18-36-19-17-27/h4-11,16-19,24,30,32,43H,12-15,20-23,25H2,1H3,(H2,37,38,39,40). The molecule has 0 spiro atoms. The van der Waals surface area contributed by atoms with Gasteiger partial charge in [0, 0.05) is 79.7 Å². The number of piperazine rings is 1. The topological polar surface area (TPSA) is 89.4 Å². The monoisotopic (exact) mass is 573 g/mol. The number of rotatable bonds is 7. The molecule has 1 saturated carbocycles. The van der Waals surface area contributed by atoms with E-state index in [-0.39, 0.29) is 12.1 Å². The molecule has 1 saturated heterocycles. The van der Waals surface area contributed by atoms with E-state index in [0.29, 0.717) is 5.95 Å². The maximum absolute atomic E-state index is 10.0. The van der Waals surface area contributed by atoms with Crippen LogP contribution in [0.5, 0.6) is 0 Å². The highest BCUT2D eigenvalue weighted by Crippen LogP contribution is 2.31. The van der Waals surface area contributed by atoms with Gasteiger partial charge in [-0.15, -0.1) is 0 Å². The molecule has 2 aromatic heterocycles. The molecule has 6 rings (SSSR count). The summed E-state index contributed by atoms with van der Waals surface area (Å²) in [6.07, 6.45) is 8.63. The van der Waals surface area contributed by atoms with Crippen molar-refractivity contribution >= 4 is 17.5 Å². The van der Waals surface area contributed by atoms with E-state index >= 15 is 0 Å². The Morgan fingerprint density at radius 1 is 0.837 bits per heavy atom. The van der Waals surface area contributed by atoms with Crippen LogP contribution in [-0.2, 0) is 6.54 Å². The Balaban J connectivity index is 1.18.